The van der Waals surface area contributed by atoms with Crippen LogP contribution >= 0.6 is 0 Å². The number of halogens is 1. The van der Waals surface area contributed by atoms with E-state index in [4.69, 9.17) is 0 Å². The van der Waals surface area contributed by atoms with Crippen molar-refractivity contribution in [2.45, 2.75) is 31.8 Å². The van der Waals surface area contributed by atoms with Crippen LogP contribution in [-0.4, -0.2) is 27.1 Å². The molecule has 0 fully saturated rings. The lowest BCUT2D eigenvalue weighted by Gasteiger charge is -2.32. The average molecular weight is 338 g/mol. The summed E-state index contributed by atoms with van der Waals surface area (Å²) < 4.78 is 13.6. The molecule has 1 atom stereocenters. The van der Waals surface area contributed by atoms with Crippen molar-refractivity contribution in [1.29, 1.82) is 0 Å². The molecule has 1 heterocycles. The van der Waals surface area contributed by atoms with Crippen molar-refractivity contribution in [3.8, 4) is 0 Å². The van der Waals surface area contributed by atoms with E-state index in [0.29, 0.717) is 13.0 Å². The van der Waals surface area contributed by atoms with Gasteiger partial charge in [0.2, 0.25) is 0 Å². The van der Waals surface area contributed by atoms with Crippen LogP contribution in [0.15, 0.2) is 48.5 Å². The first-order chi connectivity index (χ1) is 12.1. The molecule has 0 saturated carbocycles. The van der Waals surface area contributed by atoms with Crippen molar-refractivity contribution in [1.82, 2.24) is 9.88 Å². The van der Waals surface area contributed by atoms with Gasteiger partial charge < -0.3 is 15.0 Å². The monoisotopic (exact) mass is 338 g/mol. The second kappa shape index (κ2) is 6.24. The Balaban J connectivity index is 1.64. The Labute approximate surface area is 144 Å². The van der Waals surface area contributed by atoms with E-state index in [2.05, 4.69) is 4.98 Å². The first kappa shape index (κ1) is 15.7. The average Bonchev–Trinajstić information content (AvgIpc) is 2.97. The molecule has 128 valence electrons. The van der Waals surface area contributed by atoms with Gasteiger partial charge in [0, 0.05) is 29.2 Å². The smallest absolute Gasteiger partial charge is 0.407 e. The zero-order valence-corrected chi connectivity index (χ0v) is 13.7. The maximum absolute atomic E-state index is 13.6. The van der Waals surface area contributed by atoms with E-state index >= 15 is 0 Å². The molecular weight excluding hydrogens is 319 g/mol. The molecule has 1 unspecified atom stereocenters. The summed E-state index contributed by atoms with van der Waals surface area (Å²) in [6.45, 7) is 0.368. The van der Waals surface area contributed by atoms with E-state index in [9.17, 15) is 14.3 Å². The molecule has 1 aliphatic rings. The third kappa shape index (κ3) is 2.97. The summed E-state index contributed by atoms with van der Waals surface area (Å²) in [7, 11) is 0. The van der Waals surface area contributed by atoms with Crippen molar-refractivity contribution in [3.63, 3.8) is 0 Å². The van der Waals surface area contributed by atoms with Crippen LogP contribution in [0.5, 0.6) is 0 Å². The van der Waals surface area contributed by atoms with Crippen LogP contribution < -0.4 is 0 Å². The standard InChI is InChI=1S/C20H19FN2O2/c21-14-6-8-18-16(10-14)17-11-15(7-9-19(17)22-18)23(20(24)25)12-13-4-2-1-3-5-13/h1-6,8,10,15,22H,7,9,11-12H2,(H,24,25). The number of carbonyl (C=O) groups is 1. The number of aryl methyl sites for hydroxylation is 1. The highest BCUT2D eigenvalue weighted by Gasteiger charge is 2.29. The lowest BCUT2D eigenvalue weighted by atomic mass is 9.90. The Morgan fingerprint density at radius 2 is 2.04 bits per heavy atom. The highest BCUT2D eigenvalue weighted by Crippen LogP contribution is 2.32. The summed E-state index contributed by atoms with van der Waals surface area (Å²) in [4.78, 5) is 16.7. The molecule has 3 aromatic rings. The topological polar surface area (TPSA) is 56.3 Å². The molecule has 4 rings (SSSR count). The predicted molar refractivity (Wildman–Crippen MR) is 94.1 cm³/mol. The molecular formula is C20H19FN2O2. The molecule has 2 aromatic carbocycles. The summed E-state index contributed by atoms with van der Waals surface area (Å²) in [6, 6.07) is 14.2. The van der Waals surface area contributed by atoms with E-state index in [1.54, 1.807) is 6.07 Å². The molecule has 1 aromatic heterocycles. The molecule has 2 N–H and O–H groups in total. The Morgan fingerprint density at radius 1 is 1.24 bits per heavy atom. The Bertz CT molecular complexity index is 920. The van der Waals surface area contributed by atoms with Gasteiger partial charge in [-0.25, -0.2) is 9.18 Å². The van der Waals surface area contributed by atoms with Crippen LogP contribution in [0.2, 0.25) is 0 Å². The lowest BCUT2D eigenvalue weighted by molar-refractivity contribution is 0.115. The highest BCUT2D eigenvalue weighted by molar-refractivity contribution is 5.85. The van der Waals surface area contributed by atoms with E-state index in [1.807, 2.05) is 30.3 Å². The number of hydrogen-bond donors (Lipinski definition) is 2. The molecule has 4 nitrogen and oxygen atoms in total. The fraction of sp³-hybridized carbons (Fsp3) is 0.250. The zero-order valence-electron chi connectivity index (χ0n) is 13.7. The maximum atomic E-state index is 13.6. The summed E-state index contributed by atoms with van der Waals surface area (Å²) >= 11 is 0. The Hall–Kier alpha value is -2.82. The maximum Gasteiger partial charge on any atom is 0.407 e. The number of H-pyrrole nitrogens is 1. The summed E-state index contributed by atoms with van der Waals surface area (Å²) in [5.74, 6) is -0.268. The Morgan fingerprint density at radius 3 is 2.80 bits per heavy atom. The molecule has 0 saturated heterocycles. The number of rotatable bonds is 3. The molecule has 0 radical (unpaired) electrons. The number of nitrogens with one attached hydrogen (secondary N) is 1. The number of hydrogen-bond acceptors (Lipinski definition) is 1. The van der Waals surface area contributed by atoms with Crippen molar-refractivity contribution in [3.05, 3.63) is 71.2 Å². The van der Waals surface area contributed by atoms with Crippen LogP contribution in [0.3, 0.4) is 0 Å². The predicted octanol–water partition coefficient (Wildman–Crippen LogP) is 4.34. The van der Waals surface area contributed by atoms with Crippen LogP contribution in [0.25, 0.3) is 10.9 Å². The summed E-state index contributed by atoms with van der Waals surface area (Å²) in [5.41, 5.74) is 4.03. The summed E-state index contributed by atoms with van der Waals surface area (Å²) in [5, 5.41) is 10.6. The van der Waals surface area contributed by atoms with Crippen molar-refractivity contribution in [2.75, 3.05) is 0 Å². The molecule has 1 amide bonds. The summed E-state index contributed by atoms with van der Waals surface area (Å²) in [6.07, 6.45) is 1.23. The normalized spacial score (nSPS) is 16.6. The first-order valence-electron chi connectivity index (χ1n) is 8.44. The second-order valence-electron chi connectivity index (χ2n) is 6.56. The SMILES string of the molecule is O=C(O)N(Cc1ccccc1)C1CCc2[nH]c3ccc(F)cc3c2C1. The van der Waals surface area contributed by atoms with Gasteiger partial charge in [-0.05, 0) is 48.6 Å². The van der Waals surface area contributed by atoms with Gasteiger partial charge in [0.15, 0.2) is 0 Å². The second-order valence-corrected chi connectivity index (χ2v) is 6.56. The number of amides is 1. The minimum atomic E-state index is -0.914. The van der Waals surface area contributed by atoms with Gasteiger partial charge in [-0.15, -0.1) is 0 Å². The minimum Gasteiger partial charge on any atom is -0.465 e. The minimum absolute atomic E-state index is 0.104. The number of aromatic nitrogens is 1. The molecule has 0 spiro atoms. The van der Waals surface area contributed by atoms with Crippen molar-refractivity contribution in [2.24, 2.45) is 0 Å². The zero-order chi connectivity index (χ0) is 17.4. The van der Waals surface area contributed by atoms with E-state index in [0.717, 1.165) is 40.6 Å². The largest absolute Gasteiger partial charge is 0.465 e. The van der Waals surface area contributed by atoms with Crippen molar-refractivity contribution >= 4 is 17.0 Å². The van der Waals surface area contributed by atoms with E-state index < -0.39 is 6.09 Å². The quantitative estimate of drug-likeness (QED) is 0.746. The highest BCUT2D eigenvalue weighted by atomic mass is 19.1. The fourth-order valence-electron chi connectivity index (χ4n) is 3.77. The third-order valence-corrected chi connectivity index (χ3v) is 5.01. The van der Waals surface area contributed by atoms with E-state index in [1.165, 1.54) is 17.0 Å². The molecule has 0 aliphatic heterocycles. The van der Waals surface area contributed by atoms with Crippen molar-refractivity contribution < 1.29 is 14.3 Å². The van der Waals surface area contributed by atoms with Gasteiger partial charge in [-0.2, -0.15) is 0 Å². The fourth-order valence-corrected chi connectivity index (χ4v) is 3.77. The number of carboxylic acid groups (broad SMARTS) is 1. The van der Waals surface area contributed by atoms with Crippen LogP contribution in [-0.2, 0) is 19.4 Å². The number of benzene rings is 2. The number of aromatic amines is 1. The van der Waals surface area contributed by atoms with E-state index in [-0.39, 0.29) is 11.9 Å². The van der Waals surface area contributed by atoms with Gasteiger partial charge >= 0.3 is 6.09 Å². The molecule has 1 aliphatic carbocycles. The number of nitrogens with zero attached hydrogens (tertiary/aromatic N) is 1. The van der Waals surface area contributed by atoms with Gasteiger partial charge in [-0.3, -0.25) is 0 Å². The van der Waals surface area contributed by atoms with Gasteiger partial charge in [0.1, 0.15) is 5.82 Å². The van der Waals surface area contributed by atoms with Gasteiger partial charge in [0.05, 0.1) is 0 Å². The third-order valence-electron chi connectivity index (χ3n) is 5.01. The van der Waals surface area contributed by atoms with Crippen LogP contribution in [0.1, 0.15) is 23.2 Å². The molecule has 0 bridgehead atoms. The molecule has 25 heavy (non-hydrogen) atoms. The molecule has 5 heteroatoms. The van der Waals surface area contributed by atoms with Crippen LogP contribution in [0, 0.1) is 5.82 Å². The Kier molecular flexibility index (Phi) is 3.92. The van der Waals surface area contributed by atoms with Gasteiger partial charge in [-0.1, -0.05) is 30.3 Å². The first-order valence-corrected chi connectivity index (χ1v) is 8.44. The van der Waals surface area contributed by atoms with Crippen LogP contribution in [0.4, 0.5) is 9.18 Å². The number of fused-ring (bicyclic) bond motifs is 3. The lowest BCUT2D eigenvalue weighted by Crippen LogP contribution is -2.42. The van der Waals surface area contributed by atoms with Gasteiger partial charge in [0.25, 0.3) is 0 Å².